The van der Waals surface area contributed by atoms with Crippen molar-refractivity contribution in [1.82, 2.24) is 10.6 Å². The van der Waals surface area contributed by atoms with Crippen molar-refractivity contribution in [3.63, 3.8) is 0 Å². The van der Waals surface area contributed by atoms with Crippen LogP contribution in [0.15, 0.2) is 24.3 Å². The van der Waals surface area contributed by atoms with Gasteiger partial charge in [0.25, 0.3) is 0 Å². The molecule has 1 aromatic carbocycles. The summed E-state index contributed by atoms with van der Waals surface area (Å²) >= 11 is 0. The number of methoxy groups -OCH3 is 1. The van der Waals surface area contributed by atoms with E-state index in [1.165, 1.54) is 5.56 Å². The van der Waals surface area contributed by atoms with Crippen molar-refractivity contribution < 1.29 is 9.53 Å². The molecule has 0 radical (unpaired) electrons. The van der Waals surface area contributed by atoms with Crippen LogP contribution in [0.2, 0.25) is 0 Å². The Labute approximate surface area is 120 Å². The zero-order valence-corrected chi connectivity index (χ0v) is 12.0. The quantitative estimate of drug-likeness (QED) is 0.754. The van der Waals surface area contributed by atoms with E-state index in [0.29, 0.717) is 6.54 Å². The van der Waals surface area contributed by atoms with Crippen LogP contribution in [0, 0.1) is 0 Å². The fraction of sp³-hybridized carbons (Fsp3) is 0.533. The third-order valence-corrected chi connectivity index (χ3v) is 3.38. The van der Waals surface area contributed by atoms with Crippen molar-refractivity contribution in [2.24, 2.45) is 0 Å². The predicted molar refractivity (Wildman–Crippen MR) is 79.9 cm³/mol. The molecule has 110 valence electrons. The lowest BCUT2D eigenvalue weighted by molar-refractivity contribution is -0.119. The molecule has 0 spiro atoms. The van der Waals surface area contributed by atoms with Crippen molar-refractivity contribution in [3.05, 3.63) is 29.8 Å². The first kappa shape index (κ1) is 14.8. The van der Waals surface area contributed by atoms with Crippen LogP contribution in [0.4, 0.5) is 5.69 Å². The van der Waals surface area contributed by atoms with E-state index < -0.39 is 0 Å². The Hall–Kier alpha value is -1.59. The van der Waals surface area contributed by atoms with Gasteiger partial charge in [-0.3, -0.25) is 4.79 Å². The number of anilines is 1. The lowest BCUT2D eigenvalue weighted by Gasteiger charge is -2.21. The predicted octanol–water partition coefficient (Wildman–Crippen LogP) is 0.749. The summed E-state index contributed by atoms with van der Waals surface area (Å²) in [6, 6.07) is 8.40. The lowest BCUT2D eigenvalue weighted by atomic mass is 10.2. The highest BCUT2D eigenvalue weighted by Crippen LogP contribution is 2.16. The van der Waals surface area contributed by atoms with E-state index in [1.807, 2.05) is 0 Å². The summed E-state index contributed by atoms with van der Waals surface area (Å²) < 4.78 is 4.99. The van der Waals surface area contributed by atoms with Crippen LogP contribution in [0.1, 0.15) is 12.0 Å². The maximum atomic E-state index is 11.6. The van der Waals surface area contributed by atoms with Crippen LogP contribution in [0.25, 0.3) is 0 Å². The van der Waals surface area contributed by atoms with E-state index in [9.17, 15) is 4.79 Å². The first-order chi connectivity index (χ1) is 9.79. The number of ether oxygens (including phenoxy) is 1. The van der Waals surface area contributed by atoms with Gasteiger partial charge in [-0.1, -0.05) is 12.1 Å². The van der Waals surface area contributed by atoms with E-state index in [1.54, 1.807) is 7.11 Å². The second-order valence-electron chi connectivity index (χ2n) is 4.96. The Morgan fingerprint density at radius 3 is 2.90 bits per heavy atom. The first-order valence-electron chi connectivity index (χ1n) is 7.10. The molecule has 5 nitrogen and oxygen atoms in total. The molecule has 0 unspecified atom stereocenters. The van der Waals surface area contributed by atoms with Gasteiger partial charge in [-0.15, -0.1) is 0 Å². The zero-order valence-electron chi connectivity index (χ0n) is 12.0. The number of benzene rings is 1. The van der Waals surface area contributed by atoms with Gasteiger partial charge in [-0.25, -0.2) is 0 Å². The topological polar surface area (TPSA) is 53.6 Å². The number of hydrogen-bond acceptors (Lipinski definition) is 4. The Balaban J connectivity index is 1.88. The molecule has 0 bridgehead atoms. The minimum atomic E-state index is 0.104. The van der Waals surface area contributed by atoms with E-state index in [2.05, 4.69) is 39.8 Å². The zero-order chi connectivity index (χ0) is 14.2. The van der Waals surface area contributed by atoms with Gasteiger partial charge in [-0.2, -0.15) is 0 Å². The molecule has 1 aromatic rings. The Bertz CT molecular complexity index is 420. The second-order valence-corrected chi connectivity index (χ2v) is 4.96. The van der Waals surface area contributed by atoms with Gasteiger partial charge in [0.2, 0.25) is 5.91 Å². The maximum absolute atomic E-state index is 11.6. The summed E-state index contributed by atoms with van der Waals surface area (Å²) in [6.07, 6.45) is 0.992. The molecule has 1 saturated heterocycles. The average molecular weight is 277 g/mol. The van der Waals surface area contributed by atoms with E-state index in [-0.39, 0.29) is 5.91 Å². The van der Waals surface area contributed by atoms with Crippen molar-refractivity contribution in [1.29, 1.82) is 0 Å². The summed E-state index contributed by atoms with van der Waals surface area (Å²) in [5, 5.41) is 6.21. The van der Waals surface area contributed by atoms with Gasteiger partial charge in [0, 0.05) is 39.0 Å². The normalized spacial score (nSPS) is 15.8. The van der Waals surface area contributed by atoms with E-state index >= 15 is 0 Å². The molecule has 1 fully saturated rings. The molecule has 1 aliphatic heterocycles. The number of amides is 1. The summed E-state index contributed by atoms with van der Waals surface area (Å²) in [5.74, 6) is 0.104. The van der Waals surface area contributed by atoms with Crippen molar-refractivity contribution in [2.75, 3.05) is 44.8 Å². The largest absolute Gasteiger partial charge is 0.383 e. The molecule has 0 saturated carbocycles. The molecular formula is C15H23N3O2. The Kier molecular flexibility index (Phi) is 5.83. The molecule has 5 heteroatoms. The van der Waals surface area contributed by atoms with Crippen molar-refractivity contribution in [2.45, 2.75) is 13.0 Å². The van der Waals surface area contributed by atoms with Crippen LogP contribution in [-0.2, 0) is 16.1 Å². The lowest BCUT2D eigenvalue weighted by Crippen LogP contribution is -2.32. The van der Waals surface area contributed by atoms with Crippen molar-refractivity contribution in [3.8, 4) is 0 Å². The van der Waals surface area contributed by atoms with Crippen molar-refractivity contribution >= 4 is 11.6 Å². The van der Waals surface area contributed by atoms with Crippen LogP contribution in [0.5, 0.6) is 0 Å². The standard InChI is InChI=1S/C15H23N3O2/c1-20-10-8-16-11-13-3-5-14(6-4-13)18-9-2-7-17-15(19)12-18/h3-6,16H,2,7-12H2,1H3,(H,17,19). The molecule has 2 rings (SSSR count). The number of carbonyl (C=O) groups is 1. The van der Waals surface area contributed by atoms with Gasteiger partial charge in [0.15, 0.2) is 0 Å². The van der Waals surface area contributed by atoms with E-state index in [0.717, 1.165) is 44.9 Å². The second kappa shape index (κ2) is 7.87. The molecule has 0 aliphatic carbocycles. The molecule has 2 N–H and O–H groups in total. The van der Waals surface area contributed by atoms with Crippen LogP contribution in [-0.4, -0.2) is 45.8 Å². The smallest absolute Gasteiger partial charge is 0.239 e. The van der Waals surface area contributed by atoms with Crippen LogP contribution < -0.4 is 15.5 Å². The maximum Gasteiger partial charge on any atom is 0.239 e. The molecule has 1 aliphatic rings. The Morgan fingerprint density at radius 2 is 2.15 bits per heavy atom. The highest BCUT2D eigenvalue weighted by atomic mass is 16.5. The number of carbonyl (C=O) groups excluding carboxylic acids is 1. The number of nitrogens with one attached hydrogen (secondary N) is 2. The number of hydrogen-bond donors (Lipinski definition) is 2. The molecular weight excluding hydrogens is 254 g/mol. The highest BCUT2D eigenvalue weighted by Gasteiger charge is 2.14. The molecule has 0 aromatic heterocycles. The Morgan fingerprint density at radius 1 is 1.35 bits per heavy atom. The molecule has 0 atom stereocenters. The molecule has 1 heterocycles. The van der Waals surface area contributed by atoms with Gasteiger partial charge in [0.1, 0.15) is 0 Å². The van der Waals surface area contributed by atoms with Crippen LogP contribution >= 0.6 is 0 Å². The third-order valence-electron chi connectivity index (χ3n) is 3.38. The average Bonchev–Trinajstić information content (AvgIpc) is 2.69. The molecule has 1 amide bonds. The SMILES string of the molecule is COCCNCc1ccc(N2CCCNC(=O)C2)cc1. The highest BCUT2D eigenvalue weighted by molar-refractivity contribution is 5.81. The fourth-order valence-electron chi connectivity index (χ4n) is 2.26. The summed E-state index contributed by atoms with van der Waals surface area (Å²) in [5.41, 5.74) is 2.35. The minimum Gasteiger partial charge on any atom is -0.383 e. The summed E-state index contributed by atoms with van der Waals surface area (Å²) in [4.78, 5) is 13.7. The van der Waals surface area contributed by atoms with Gasteiger partial charge >= 0.3 is 0 Å². The summed E-state index contributed by atoms with van der Waals surface area (Å²) in [7, 11) is 1.70. The first-order valence-corrected chi connectivity index (χ1v) is 7.10. The third kappa shape index (κ3) is 4.51. The number of rotatable bonds is 6. The van der Waals surface area contributed by atoms with E-state index in [4.69, 9.17) is 4.74 Å². The van der Waals surface area contributed by atoms with Gasteiger partial charge in [-0.05, 0) is 24.1 Å². The monoisotopic (exact) mass is 277 g/mol. The number of nitrogens with zero attached hydrogens (tertiary/aromatic N) is 1. The minimum absolute atomic E-state index is 0.104. The fourth-order valence-corrected chi connectivity index (χ4v) is 2.26. The summed E-state index contributed by atoms with van der Waals surface area (Å²) in [6.45, 7) is 4.56. The van der Waals surface area contributed by atoms with Crippen LogP contribution in [0.3, 0.4) is 0 Å². The van der Waals surface area contributed by atoms with Gasteiger partial charge in [0.05, 0.1) is 13.2 Å². The van der Waals surface area contributed by atoms with Gasteiger partial charge < -0.3 is 20.3 Å². The molecule has 20 heavy (non-hydrogen) atoms.